The number of carbonyl (C=O) groups is 3. The van der Waals surface area contributed by atoms with Gasteiger partial charge in [0.2, 0.25) is 5.91 Å². The quantitative estimate of drug-likeness (QED) is 0.670. The Morgan fingerprint density at radius 1 is 1.24 bits per heavy atom. The molecule has 1 amide bonds. The Bertz CT molecular complexity index is 576. The molecule has 0 atom stereocenters. The summed E-state index contributed by atoms with van der Waals surface area (Å²) in [7, 11) is 0. The van der Waals surface area contributed by atoms with Gasteiger partial charge in [-0.3, -0.25) is 9.59 Å². The van der Waals surface area contributed by atoms with Gasteiger partial charge in [-0.2, -0.15) is 0 Å². The molecule has 1 aromatic rings. The fourth-order valence-corrected chi connectivity index (χ4v) is 3.76. The lowest BCUT2D eigenvalue weighted by Crippen LogP contribution is -2.17. The Labute approximate surface area is 127 Å². The van der Waals surface area contributed by atoms with Gasteiger partial charge in [0, 0.05) is 4.88 Å². The summed E-state index contributed by atoms with van der Waals surface area (Å²) < 4.78 is 5.11. The maximum absolute atomic E-state index is 12.2. The first-order valence-corrected chi connectivity index (χ1v) is 7.95. The number of hydrogen-bond acceptors (Lipinski definition) is 5. The molecule has 0 aliphatic heterocycles. The van der Waals surface area contributed by atoms with Crippen LogP contribution in [0.2, 0.25) is 0 Å². The highest BCUT2D eigenvalue weighted by molar-refractivity contribution is 7.17. The predicted octanol–water partition coefficient (Wildman–Crippen LogP) is 2.72. The summed E-state index contributed by atoms with van der Waals surface area (Å²) >= 11 is 1.43. The van der Waals surface area contributed by atoms with Crippen LogP contribution in [-0.4, -0.2) is 24.3 Å². The standard InChI is InChI=1S/C15H19NO4S/c1-3-20-15(19)13-10-6-4-5-7-11(10)21-14(13)16-12(18)8-9(2)17/h3-8H2,1-2H3,(H,16,18). The molecule has 0 saturated heterocycles. The Morgan fingerprint density at radius 2 is 1.95 bits per heavy atom. The Hall–Kier alpha value is -1.69. The van der Waals surface area contributed by atoms with Gasteiger partial charge in [0.15, 0.2) is 0 Å². The lowest BCUT2D eigenvalue weighted by Gasteiger charge is -2.12. The molecule has 1 heterocycles. The molecule has 5 nitrogen and oxygen atoms in total. The molecule has 0 unspecified atom stereocenters. The van der Waals surface area contributed by atoms with Crippen LogP contribution < -0.4 is 5.32 Å². The summed E-state index contributed by atoms with van der Waals surface area (Å²) in [5, 5.41) is 3.22. The molecule has 0 spiro atoms. The number of hydrogen-bond donors (Lipinski definition) is 1. The highest BCUT2D eigenvalue weighted by Crippen LogP contribution is 2.38. The molecule has 114 valence electrons. The molecule has 6 heteroatoms. The number of amides is 1. The number of thiophene rings is 1. The number of ketones is 1. The van der Waals surface area contributed by atoms with Crippen molar-refractivity contribution < 1.29 is 19.1 Å². The van der Waals surface area contributed by atoms with Crippen molar-refractivity contribution in [3.8, 4) is 0 Å². The molecule has 0 radical (unpaired) electrons. The van der Waals surface area contributed by atoms with Crippen LogP contribution in [0.4, 0.5) is 5.00 Å². The van der Waals surface area contributed by atoms with Crippen LogP contribution in [0.5, 0.6) is 0 Å². The lowest BCUT2D eigenvalue weighted by atomic mass is 9.95. The molecule has 1 aromatic heterocycles. The number of fused-ring (bicyclic) bond motifs is 1. The first kappa shape index (κ1) is 15.7. The Balaban J connectivity index is 2.30. The number of ether oxygens (including phenoxy) is 1. The average Bonchev–Trinajstić information content (AvgIpc) is 2.75. The van der Waals surface area contributed by atoms with E-state index in [2.05, 4.69) is 5.32 Å². The van der Waals surface area contributed by atoms with Crippen molar-refractivity contribution >= 4 is 34.0 Å². The minimum atomic E-state index is -0.393. The first-order chi connectivity index (χ1) is 10.0. The number of aryl methyl sites for hydroxylation is 1. The van der Waals surface area contributed by atoms with Crippen molar-refractivity contribution in [3.63, 3.8) is 0 Å². The molecule has 0 aromatic carbocycles. The van der Waals surface area contributed by atoms with Crippen molar-refractivity contribution in [1.82, 2.24) is 0 Å². The molecule has 1 aliphatic carbocycles. The minimum Gasteiger partial charge on any atom is -0.462 e. The van der Waals surface area contributed by atoms with Gasteiger partial charge in [-0.1, -0.05) is 0 Å². The van der Waals surface area contributed by atoms with E-state index < -0.39 is 5.97 Å². The fourth-order valence-electron chi connectivity index (χ4n) is 2.47. The summed E-state index contributed by atoms with van der Waals surface area (Å²) in [6, 6.07) is 0. The van der Waals surface area contributed by atoms with Crippen LogP contribution in [0.25, 0.3) is 0 Å². The van der Waals surface area contributed by atoms with Gasteiger partial charge in [0.1, 0.15) is 10.8 Å². The molecular formula is C15H19NO4S. The predicted molar refractivity (Wildman–Crippen MR) is 80.8 cm³/mol. The second-order valence-electron chi connectivity index (χ2n) is 5.06. The Kier molecular flexibility index (Phi) is 5.12. The third kappa shape index (κ3) is 3.69. The topological polar surface area (TPSA) is 72.5 Å². The summed E-state index contributed by atoms with van der Waals surface area (Å²) in [6.45, 7) is 3.42. The maximum Gasteiger partial charge on any atom is 0.341 e. The normalized spacial score (nSPS) is 13.4. The summed E-state index contributed by atoms with van der Waals surface area (Å²) in [4.78, 5) is 36.1. The Morgan fingerprint density at radius 3 is 2.62 bits per heavy atom. The summed E-state index contributed by atoms with van der Waals surface area (Å²) in [5.74, 6) is -0.979. The van der Waals surface area contributed by atoms with E-state index in [-0.39, 0.29) is 18.1 Å². The van der Waals surface area contributed by atoms with E-state index in [1.165, 1.54) is 18.3 Å². The first-order valence-electron chi connectivity index (χ1n) is 7.13. The van der Waals surface area contributed by atoms with E-state index in [0.29, 0.717) is 17.2 Å². The molecule has 1 aliphatic rings. The molecule has 0 saturated carbocycles. The van der Waals surface area contributed by atoms with E-state index in [1.54, 1.807) is 6.92 Å². The number of rotatable bonds is 5. The van der Waals surface area contributed by atoms with E-state index in [1.807, 2.05) is 0 Å². The largest absolute Gasteiger partial charge is 0.462 e. The van der Waals surface area contributed by atoms with E-state index >= 15 is 0 Å². The molecular weight excluding hydrogens is 290 g/mol. The van der Waals surface area contributed by atoms with Crippen LogP contribution in [0.1, 0.15) is 53.9 Å². The van der Waals surface area contributed by atoms with Gasteiger partial charge in [0.05, 0.1) is 18.6 Å². The van der Waals surface area contributed by atoms with Crippen molar-refractivity contribution in [3.05, 3.63) is 16.0 Å². The van der Waals surface area contributed by atoms with E-state index in [0.717, 1.165) is 36.1 Å². The van der Waals surface area contributed by atoms with Crippen LogP contribution >= 0.6 is 11.3 Å². The number of anilines is 1. The zero-order valence-corrected chi connectivity index (χ0v) is 13.1. The monoisotopic (exact) mass is 309 g/mol. The van der Waals surface area contributed by atoms with Gasteiger partial charge >= 0.3 is 5.97 Å². The van der Waals surface area contributed by atoms with Gasteiger partial charge in [-0.25, -0.2) is 4.79 Å². The van der Waals surface area contributed by atoms with Crippen LogP contribution in [0.3, 0.4) is 0 Å². The van der Waals surface area contributed by atoms with Crippen molar-refractivity contribution in [2.24, 2.45) is 0 Å². The maximum atomic E-state index is 12.2. The molecule has 0 bridgehead atoms. The molecule has 0 fully saturated rings. The average molecular weight is 309 g/mol. The summed E-state index contributed by atoms with van der Waals surface area (Å²) in [5.41, 5.74) is 1.48. The van der Waals surface area contributed by atoms with E-state index in [4.69, 9.17) is 4.74 Å². The van der Waals surface area contributed by atoms with Crippen molar-refractivity contribution in [1.29, 1.82) is 0 Å². The second kappa shape index (κ2) is 6.85. The van der Waals surface area contributed by atoms with Gasteiger partial charge in [-0.05, 0) is 45.1 Å². The van der Waals surface area contributed by atoms with Crippen LogP contribution in [0, 0.1) is 0 Å². The van der Waals surface area contributed by atoms with Gasteiger partial charge < -0.3 is 10.1 Å². The van der Waals surface area contributed by atoms with Gasteiger partial charge in [-0.15, -0.1) is 11.3 Å². The fraction of sp³-hybridized carbons (Fsp3) is 0.533. The molecule has 1 N–H and O–H groups in total. The third-order valence-corrected chi connectivity index (χ3v) is 4.52. The zero-order chi connectivity index (χ0) is 15.4. The number of carbonyl (C=O) groups excluding carboxylic acids is 3. The zero-order valence-electron chi connectivity index (χ0n) is 12.3. The number of nitrogens with one attached hydrogen (secondary N) is 1. The minimum absolute atomic E-state index is 0.176. The van der Waals surface area contributed by atoms with Gasteiger partial charge in [0.25, 0.3) is 0 Å². The van der Waals surface area contributed by atoms with Crippen LogP contribution in [-0.2, 0) is 27.2 Å². The van der Waals surface area contributed by atoms with Crippen molar-refractivity contribution in [2.75, 3.05) is 11.9 Å². The highest BCUT2D eigenvalue weighted by atomic mass is 32.1. The second-order valence-corrected chi connectivity index (χ2v) is 6.17. The number of esters is 1. The van der Waals surface area contributed by atoms with Crippen molar-refractivity contribution in [2.45, 2.75) is 46.0 Å². The van der Waals surface area contributed by atoms with Crippen LogP contribution in [0.15, 0.2) is 0 Å². The molecule has 2 rings (SSSR count). The highest BCUT2D eigenvalue weighted by Gasteiger charge is 2.27. The SMILES string of the molecule is CCOC(=O)c1c(NC(=O)CC(C)=O)sc2c1CCCC2. The third-order valence-electron chi connectivity index (χ3n) is 3.31. The summed E-state index contributed by atoms with van der Waals surface area (Å²) in [6.07, 6.45) is 3.72. The smallest absolute Gasteiger partial charge is 0.341 e. The molecule has 21 heavy (non-hydrogen) atoms. The van der Waals surface area contributed by atoms with E-state index in [9.17, 15) is 14.4 Å². The lowest BCUT2D eigenvalue weighted by molar-refractivity contribution is -0.124. The number of Topliss-reactive ketones (excluding diaryl/α,β-unsaturated/α-hetero) is 1.